The van der Waals surface area contributed by atoms with E-state index in [1.807, 2.05) is 0 Å². The Labute approximate surface area is 42.1 Å². The second-order valence-electron chi connectivity index (χ2n) is 1.85. The molecular formula is C5H8O2. The van der Waals surface area contributed by atoms with Crippen molar-refractivity contribution in [1.29, 1.82) is 0 Å². The van der Waals surface area contributed by atoms with Gasteiger partial charge in [-0.1, -0.05) is 6.08 Å². The lowest BCUT2D eigenvalue weighted by atomic mass is 9.94. The molecule has 0 amide bonds. The van der Waals surface area contributed by atoms with Gasteiger partial charge in [0.05, 0.1) is 0 Å². The summed E-state index contributed by atoms with van der Waals surface area (Å²) in [7, 11) is 0. The molecule has 0 unspecified atom stereocenters. The van der Waals surface area contributed by atoms with Gasteiger partial charge in [0.1, 0.15) is 12.2 Å². The fourth-order valence-corrected chi connectivity index (χ4v) is 0.610. The number of aliphatic hydroxyl groups is 2. The van der Waals surface area contributed by atoms with Crippen molar-refractivity contribution in [3.05, 3.63) is 11.6 Å². The molecule has 0 bridgehead atoms. The zero-order valence-corrected chi connectivity index (χ0v) is 4.13. The summed E-state index contributed by atoms with van der Waals surface area (Å²) in [6.45, 7) is 1.79. The zero-order chi connectivity index (χ0) is 5.44. The molecule has 0 aromatic carbocycles. The summed E-state index contributed by atoms with van der Waals surface area (Å²) in [5.41, 5.74) is 0.868. The molecule has 1 rings (SSSR count). The Morgan fingerprint density at radius 2 is 2.14 bits per heavy atom. The van der Waals surface area contributed by atoms with Crippen LogP contribution in [0.1, 0.15) is 6.92 Å². The van der Waals surface area contributed by atoms with Gasteiger partial charge in [0.25, 0.3) is 0 Å². The SMILES string of the molecule is CC1=C[C@H](O)[C@@H]1O. The maximum atomic E-state index is 8.67. The van der Waals surface area contributed by atoms with Crippen LogP contribution in [0.3, 0.4) is 0 Å². The summed E-state index contributed by atoms with van der Waals surface area (Å²) in [4.78, 5) is 0. The molecule has 0 fully saturated rings. The number of hydrogen-bond donors (Lipinski definition) is 2. The van der Waals surface area contributed by atoms with Crippen LogP contribution in [0.15, 0.2) is 11.6 Å². The summed E-state index contributed by atoms with van der Waals surface area (Å²) >= 11 is 0. The Hall–Kier alpha value is -0.340. The predicted molar refractivity (Wildman–Crippen MR) is 25.8 cm³/mol. The minimum atomic E-state index is -0.597. The Balaban J connectivity index is 2.57. The fourth-order valence-electron chi connectivity index (χ4n) is 0.610. The van der Waals surface area contributed by atoms with Gasteiger partial charge in [0, 0.05) is 0 Å². The third-order valence-corrected chi connectivity index (χ3v) is 1.22. The first-order valence-corrected chi connectivity index (χ1v) is 2.26. The van der Waals surface area contributed by atoms with Crippen molar-refractivity contribution in [2.45, 2.75) is 19.1 Å². The van der Waals surface area contributed by atoms with Crippen LogP contribution in [0.5, 0.6) is 0 Å². The maximum absolute atomic E-state index is 8.67. The average molecular weight is 100 g/mol. The molecule has 2 nitrogen and oxygen atoms in total. The molecular weight excluding hydrogens is 92.1 g/mol. The minimum absolute atomic E-state index is 0.583. The van der Waals surface area contributed by atoms with Gasteiger partial charge in [-0.3, -0.25) is 0 Å². The van der Waals surface area contributed by atoms with Gasteiger partial charge >= 0.3 is 0 Å². The topological polar surface area (TPSA) is 40.5 Å². The van der Waals surface area contributed by atoms with Crippen LogP contribution in [0, 0.1) is 0 Å². The average Bonchev–Trinajstić information content (AvgIpc) is 1.68. The first kappa shape index (κ1) is 4.81. The molecule has 0 heterocycles. The number of rotatable bonds is 0. The Kier molecular flexibility index (Phi) is 0.905. The lowest BCUT2D eigenvalue weighted by molar-refractivity contribution is 0.0489. The molecule has 0 radical (unpaired) electrons. The van der Waals surface area contributed by atoms with Gasteiger partial charge in [-0.25, -0.2) is 0 Å². The molecule has 0 saturated carbocycles. The molecule has 1 aliphatic rings. The molecule has 1 aliphatic carbocycles. The van der Waals surface area contributed by atoms with Gasteiger partial charge in [-0.15, -0.1) is 0 Å². The second-order valence-corrected chi connectivity index (χ2v) is 1.85. The molecule has 7 heavy (non-hydrogen) atoms. The first-order chi connectivity index (χ1) is 3.22. The van der Waals surface area contributed by atoms with Crippen LogP contribution in [0.25, 0.3) is 0 Å². The van der Waals surface area contributed by atoms with E-state index in [-0.39, 0.29) is 0 Å². The van der Waals surface area contributed by atoms with E-state index < -0.39 is 12.2 Å². The van der Waals surface area contributed by atoms with E-state index in [1.54, 1.807) is 13.0 Å². The normalized spacial score (nSPS) is 39.6. The molecule has 0 aromatic heterocycles. The monoisotopic (exact) mass is 100 g/mol. The van der Waals surface area contributed by atoms with Crippen LogP contribution in [-0.4, -0.2) is 22.4 Å². The molecule has 2 heteroatoms. The molecule has 0 saturated heterocycles. The van der Waals surface area contributed by atoms with Crippen LogP contribution >= 0.6 is 0 Å². The molecule has 2 N–H and O–H groups in total. The molecule has 0 aliphatic heterocycles. The Morgan fingerprint density at radius 3 is 2.14 bits per heavy atom. The second kappa shape index (κ2) is 1.32. The van der Waals surface area contributed by atoms with Crippen LogP contribution < -0.4 is 0 Å². The highest BCUT2D eigenvalue weighted by molar-refractivity contribution is 5.22. The van der Waals surface area contributed by atoms with E-state index in [0.29, 0.717) is 0 Å². The van der Waals surface area contributed by atoms with Crippen molar-refractivity contribution in [2.24, 2.45) is 0 Å². The van der Waals surface area contributed by atoms with Crippen molar-refractivity contribution in [3.63, 3.8) is 0 Å². The third kappa shape index (κ3) is 0.558. The lowest BCUT2D eigenvalue weighted by Gasteiger charge is -2.24. The van der Waals surface area contributed by atoms with Gasteiger partial charge in [0.2, 0.25) is 0 Å². The minimum Gasteiger partial charge on any atom is -0.386 e. The summed E-state index contributed by atoms with van der Waals surface area (Å²) < 4.78 is 0. The van der Waals surface area contributed by atoms with E-state index in [1.165, 1.54) is 0 Å². The first-order valence-electron chi connectivity index (χ1n) is 2.26. The van der Waals surface area contributed by atoms with E-state index in [2.05, 4.69) is 0 Å². The van der Waals surface area contributed by atoms with Gasteiger partial charge < -0.3 is 10.2 Å². The van der Waals surface area contributed by atoms with Crippen LogP contribution in [-0.2, 0) is 0 Å². The van der Waals surface area contributed by atoms with Gasteiger partial charge in [-0.05, 0) is 12.5 Å². The van der Waals surface area contributed by atoms with Crippen LogP contribution in [0.2, 0.25) is 0 Å². The van der Waals surface area contributed by atoms with E-state index in [0.717, 1.165) is 5.57 Å². The van der Waals surface area contributed by atoms with Crippen molar-refractivity contribution < 1.29 is 10.2 Å². The van der Waals surface area contributed by atoms with Gasteiger partial charge in [-0.2, -0.15) is 0 Å². The van der Waals surface area contributed by atoms with E-state index in [9.17, 15) is 0 Å². The summed E-state index contributed by atoms with van der Waals surface area (Å²) in [6, 6.07) is 0. The number of hydrogen-bond acceptors (Lipinski definition) is 2. The third-order valence-electron chi connectivity index (χ3n) is 1.22. The largest absolute Gasteiger partial charge is 0.386 e. The quantitative estimate of drug-likeness (QED) is 0.409. The van der Waals surface area contributed by atoms with Crippen molar-refractivity contribution in [2.75, 3.05) is 0 Å². The Morgan fingerprint density at radius 1 is 1.57 bits per heavy atom. The van der Waals surface area contributed by atoms with Gasteiger partial charge in [0.15, 0.2) is 0 Å². The highest BCUT2D eigenvalue weighted by Gasteiger charge is 2.24. The zero-order valence-electron chi connectivity index (χ0n) is 4.13. The number of aliphatic hydroxyl groups excluding tert-OH is 2. The standard InChI is InChI=1S/C5H8O2/c1-3-2-4(6)5(3)7/h2,4-7H,1H3/t4-,5+/m0/s1. The summed E-state index contributed by atoms with van der Waals surface area (Å²) in [6.07, 6.45) is 0.449. The van der Waals surface area contributed by atoms with E-state index in [4.69, 9.17) is 10.2 Å². The summed E-state index contributed by atoms with van der Waals surface area (Å²) in [5.74, 6) is 0. The maximum Gasteiger partial charge on any atom is 0.104 e. The van der Waals surface area contributed by atoms with Crippen molar-refractivity contribution >= 4 is 0 Å². The molecule has 0 aromatic rings. The molecule has 40 valence electrons. The molecule has 2 atom stereocenters. The van der Waals surface area contributed by atoms with Crippen molar-refractivity contribution in [1.82, 2.24) is 0 Å². The highest BCUT2D eigenvalue weighted by atomic mass is 16.3. The predicted octanol–water partition coefficient (Wildman–Crippen LogP) is -0.332. The van der Waals surface area contributed by atoms with E-state index >= 15 is 0 Å². The van der Waals surface area contributed by atoms with Crippen LogP contribution in [0.4, 0.5) is 0 Å². The molecule has 0 spiro atoms. The smallest absolute Gasteiger partial charge is 0.104 e. The lowest BCUT2D eigenvalue weighted by Crippen LogP contribution is -2.33. The fraction of sp³-hybridized carbons (Fsp3) is 0.600. The van der Waals surface area contributed by atoms with Crippen molar-refractivity contribution in [3.8, 4) is 0 Å². The Bertz CT molecular complexity index is 107. The summed E-state index contributed by atoms with van der Waals surface area (Å²) in [5, 5.41) is 17.2. The highest BCUT2D eigenvalue weighted by Crippen LogP contribution is 2.17.